The largest absolute Gasteiger partial charge is 0.409 e. The number of amidine groups is 1. The van der Waals surface area contributed by atoms with Crippen LogP contribution in [0.4, 0.5) is 0 Å². The number of nitrogens with two attached hydrogens (primary N) is 1. The Kier molecular flexibility index (Phi) is 5.69. The van der Waals surface area contributed by atoms with Gasteiger partial charge < -0.3 is 21.0 Å². The zero-order valence-electron chi connectivity index (χ0n) is 9.41. The van der Waals surface area contributed by atoms with Gasteiger partial charge in [0.2, 0.25) is 0 Å². The molecule has 0 atom stereocenters. The number of oxime groups is 1. The first kappa shape index (κ1) is 13.7. The fourth-order valence-corrected chi connectivity index (χ4v) is 0.827. The quantitative estimate of drug-likeness (QED) is 0.192. The molecule has 0 bridgehead atoms. The molecule has 0 aliphatic heterocycles. The second-order valence-electron chi connectivity index (χ2n) is 3.67. The fraction of sp³-hybridized carbons (Fsp3) is 0.778. The standard InChI is InChI=1S/C9H19N3O3/c1-9(2,15-3)8(13)11-6-4-5-7(10)12-14/h14H,4-6H2,1-3H3,(H2,10,12)(H,11,13). The number of hydrogen-bond donors (Lipinski definition) is 3. The van der Waals surface area contributed by atoms with Crippen LogP contribution in [0.2, 0.25) is 0 Å². The summed E-state index contributed by atoms with van der Waals surface area (Å²) in [6.07, 6.45) is 1.08. The van der Waals surface area contributed by atoms with Gasteiger partial charge in [0.25, 0.3) is 5.91 Å². The summed E-state index contributed by atoms with van der Waals surface area (Å²) in [6.45, 7) is 3.85. The third kappa shape index (κ3) is 5.21. The van der Waals surface area contributed by atoms with Gasteiger partial charge in [-0.25, -0.2) is 0 Å². The topological polar surface area (TPSA) is 96.9 Å². The minimum Gasteiger partial charge on any atom is -0.409 e. The summed E-state index contributed by atoms with van der Waals surface area (Å²) in [5.74, 6) is -0.0141. The van der Waals surface area contributed by atoms with Crippen LogP contribution >= 0.6 is 0 Å². The maximum Gasteiger partial charge on any atom is 0.251 e. The highest BCUT2D eigenvalue weighted by Crippen LogP contribution is 2.06. The summed E-state index contributed by atoms with van der Waals surface area (Å²) in [5, 5.41) is 13.8. The Labute approximate surface area is 89.5 Å². The van der Waals surface area contributed by atoms with Gasteiger partial charge in [-0.2, -0.15) is 0 Å². The van der Waals surface area contributed by atoms with E-state index in [9.17, 15) is 4.79 Å². The molecule has 0 spiro atoms. The van der Waals surface area contributed by atoms with E-state index in [4.69, 9.17) is 15.7 Å². The third-order valence-corrected chi connectivity index (χ3v) is 2.08. The van der Waals surface area contributed by atoms with Gasteiger partial charge in [-0.05, 0) is 20.3 Å². The van der Waals surface area contributed by atoms with E-state index in [-0.39, 0.29) is 11.7 Å². The highest BCUT2D eigenvalue weighted by molar-refractivity contribution is 5.84. The summed E-state index contributed by atoms with van der Waals surface area (Å²) in [7, 11) is 1.48. The van der Waals surface area contributed by atoms with E-state index in [1.54, 1.807) is 13.8 Å². The average molecular weight is 217 g/mol. The van der Waals surface area contributed by atoms with Crippen LogP contribution in [0.25, 0.3) is 0 Å². The van der Waals surface area contributed by atoms with E-state index in [0.29, 0.717) is 19.4 Å². The molecule has 0 aliphatic rings. The molecule has 0 unspecified atom stereocenters. The smallest absolute Gasteiger partial charge is 0.251 e. The SMILES string of the molecule is COC(C)(C)C(=O)NCCCC(N)=NO. The predicted octanol–water partition coefficient (Wildman–Crippen LogP) is 0.0542. The van der Waals surface area contributed by atoms with Gasteiger partial charge in [-0.15, -0.1) is 0 Å². The lowest BCUT2D eigenvalue weighted by molar-refractivity contribution is -0.139. The Morgan fingerprint density at radius 2 is 2.20 bits per heavy atom. The molecule has 0 aliphatic carbocycles. The zero-order chi connectivity index (χ0) is 11.9. The van der Waals surface area contributed by atoms with Crippen LogP contribution in [-0.2, 0) is 9.53 Å². The number of methoxy groups -OCH3 is 1. The lowest BCUT2D eigenvalue weighted by Gasteiger charge is -2.21. The molecule has 0 heterocycles. The summed E-state index contributed by atoms with van der Waals surface area (Å²) in [5.41, 5.74) is 4.44. The van der Waals surface area contributed by atoms with Crippen LogP contribution in [0, 0.1) is 0 Å². The highest BCUT2D eigenvalue weighted by Gasteiger charge is 2.26. The van der Waals surface area contributed by atoms with Crippen LogP contribution in [0.15, 0.2) is 5.16 Å². The number of carbonyl (C=O) groups excluding carboxylic acids is 1. The number of amides is 1. The van der Waals surface area contributed by atoms with Gasteiger partial charge in [0.1, 0.15) is 11.4 Å². The van der Waals surface area contributed by atoms with Gasteiger partial charge in [0.15, 0.2) is 0 Å². The van der Waals surface area contributed by atoms with Crippen LogP contribution in [-0.4, -0.2) is 36.2 Å². The number of ether oxygens (including phenoxy) is 1. The molecule has 6 nitrogen and oxygen atoms in total. The van der Waals surface area contributed by atoms with Gasteiger partial charge in [0, 0.05) is 20.1 Å². The van der Waals surface area contributed by atoms with Gasteiger partial charge >= 0.3 is 0 Å². The van der Waals surface area contributed by atoms with Crippen molar-refractivity contribution in [2.75, 3.05) is 13.7 Å². The molecule has 4 N–H and O–H groups in total. The van der Waals surface area contributed by atoms with E-state index in [1.807, 2.05) is 0 Å². The monoisotopic (exact) mass is 217 g/mol. The minimum atomic E-state index is -0.823. The average Bonchev–Trinajstić information content (AvgIpc) is 2.23. The molecule has 0 aromatic heterocycles. The summed E-state index contributed by atoms with van der Waals surface area (Å²) in [4.78, 5) is 11.5. The Hall–Kier alpha value is -1.30. The van der Waals surface area contributed by atoms with E-state index in [0.717, 1.165) is 0 Å². The summed E-state index contributed by atoms with van der Waals surface area (Å²) < 4.78 is 5.00. The van der Waals surface area contributed by atoms with Gasteiger partial charge in [-0.1, -0.05) is 5.16 Å². The molecule has 0 radical (unpaired) electrons. The number of hydrogen-bond acceptors (Lipinski definition) is 4. The van der Waals surface area contributed by atoms with Crippen LogP contribution in [0.1, 0.15) is 26.7 Å². The molecule has 1 amide bonds. The Balaban J connectivity index is 3.74. The van der Waals surface area contributed by atoms with Crippen molar-refractivity contribution in [1.82, 2.24) is 5.32 Å². The van der Waals surface area contributed by atoms with Crippen LogP contribution in [0.5, 0.6) is 0 Å². The molecular weight excluding hydrogens is 198 g/mol. The summed E-state index contributed by atoms with van der Waals surface area (Å²) >= 11 is 0. The number of nitrogens with one attached hydrogen (secondary N) is 1. The molecule has 0 saturated heterocycles. The van der Waals surface area contributed by atoms with Crippen molar-refractivity contribution in [3.63, 3.8) is 0 Å². The maximum absolute atomic E-state index is 11.5. The Morgan fingerprint density at radius 1 is 1.60 bits per heavy atom. The molecule has 0 saturated carbocycles. The first-order valence-corrected chi connectivity index (χ1v) is 4.74. The van der Waals surface area contributed by atoms with E-state index in [2.05, 4.69) is 10.5 Å². The normalized spacial score (nSPS) is 12.6. The van der Waals surface area contributed by atoms with E-state index in [1.165, 1.54) is 7.11 Å². The molecular formula is C9H19N3O3. The Bertz CT molecular complexity index is 239. The van der Waals surface area contributed by atoms with Gasteiger partial charge in [0.05, 0.1) is 0 Å². The molecule has 0 rings (SSSR count). The predicted molar refractivity (Wildman–Crippen MR) is 56.7 cm³/mol. The Morgan fingerprint density at radius 3 is 2.67 bits per heavy atom. The molecule has 0 aromatic rings. The van der Waals surface area contributed by atoms with Gasteiger partial charge in [-0.3, -0.25) is 4.79 Å². The minimum absolute atomic E-state index is 0.162. The van der Waals surface area contributed by atoms with Crippen molar-refractivity contribution in [1.29, 1.82) is 0 Å². The summed E-state index contributed by atoms with van der Waals surface area (Å²) in [6, 6.07) is 0. The molecule has 6 heteroatoms. The lowest BCUT2D eigenvalue weighted by Crippen LogP contribution is -2.43. The first-order valence-electron chi connectivity index (χ1n) is 4.74. The van der Waals surface area contributed by atoms with Crippen molar-refractivity contribution in [2.45, 2.75) is 32.3 Å². The molecule has 0 fully saturated rings. The van der Waals surface area contributed by atoms with Crippen molar-refractivity contribution < 1.29 is 14.7 Å². The van der Waals surface area contributed by atoms with Crippen molar-refractivity contribution in [3.05, 3.63) is 0 Å². The van der Waals surface area contributed by atoms with Crippen molar-refractivity contribution in [2.24, 2.45) is 10.9 Å². The maximum atomic E-state index is 11.5. The third-order valence-electron chi connectivity index (χ3n) is 2.08. The van der Waals surface area contributed by atoms with E-state index >= 15 is 0 Å². The van der Waals surface area contributed by atoms with Crippen molar-refractivity contribution >= 4 is 11.7 Å². The molecule has 0 aromatic carbocycles. The highest BCUT2D eigenvalue weighted by atomic mass is 16.5. The molecule has 88 valence electrons. The number of carbonyl (C=O) groups is 1. The van der Waals surface area contributed by atoms with Crippen molar-refractivity contribution in [3.8, 4) is 0 Å². The second-order valence-corrected chi connectivity index (χ2v) is 3.67. The van der Waals surface area contributed by atoms with Crippen LogP contribution < -0.4 is 11.1 Å². The number of rotatable bonds is 6. The first-order chi connectivity index (χ1) is 6.94. The molecule has 15 heavy (non-hydrogen) atoms. The fourth-order valence-electron chi connectivity index (χ4n) is 0.827. The van der Waals surface area contributed by atoms with Crippen LogP contribution in [0.3, 0.4) is 0 Å². The van der Waals surface area contributed by atoms with E-state index < -0.39 is 5.60 Å². The lowest BCUT2D eigenvalue weighted by atomic mass is 10.1. The zero-order valence-corrected chi connectivity index (χ0v) is 9.41. The second kappa shape index (κ2) is 6.23. The number of nitrogens with zero attached hydrogens (tertiary/aromatic N) is 1.